The number of esters is 1. The zero-order valence-corrected chi connectivity index (χ0v) is 10.5. The predicted molar refractivity (Wildman–Crippen MR) is 65.1 cm³/mol. The van der Waals surface area contributed by atoms with Crippen LogP contribution in [0.5, 0.6) is 0 Å². The topological polar surface area (TPSA) is 72.5 Å². The van der Waals surface area contributed by atoms with Crippen molar-refractivity contribution in [2.75, 3.05) is 18.9 Å². The van der Waals surface area contributed by atoms with Crippen molar-refractivity contribution >= 4 is 27.6 Å². The number of aliphatic hydroxyl groups is 1. The third kappa shape index (κ3) is 3.83. The van der Waals surface area contributed by atoms with Gasteiger partial charge in [0.25, 0.3) is 0 Å². The Balaban J connectivity index is 2.66. The fourth-order valence-corrected chi connectivity index (χ4v) is 1.60. The van der Waals surface area contributed by atoms with Crippen molar-refractivity contribution in [2.24, 2.45) is 5.92 Å². The lowest BCUT2D eigenvalue weighted by molar-refractivity contribution is 0.0405. The summed E-state index contributed by atoms with van der Waals surface area (Å²) in [5, 5.41) is 8.79. The first-order chi connectivity index (χ1) is 7.52. The van der Waals surface area contributed by atoms with E-state index in [0.717, 1.165) is 4.47 Å². The molecule has 16 heavy (non-hydrogen) atoms. The van der Waals surface area contributed by atoms with Gasteiger partial charge >= 0.3 is 5.97 Å². The molecular weight excluding hydrogens is 274 g/mol. The fraction of sp³-hybridized carbons (Fsp3) is 0.364. The predicted octanol–water partition coefficient (Wildman–Crippen LogP) is 1.82. The highest BCUT2D eigenvalue weighted by Gasteiger charge is 2.10. The zero-order valence-electron chi connectivity index (χ0n) is 8.94. The molecule has 0 aromatic heterocycles. The van der Waals surface area contributed by atoms with Gasteiger partial charge in [-0.25, -0.2) is 4.79 Å². The first-order valence-corrected chi connectivity index (χ1v) is 5.66. The van der Waals surface area contributed by atoms with Gasteiger partial charge in [-0.05, 0) is 18.2 Å². The first kappa shape index (κ1) is 13.0. The summed E-state index contributed by atoms with van der Waals surface area (Å²) in [6.07, 6.45) is 0. The van der Waals surface area contributed by atoms with Crippen molar-refractivity contribution in [3.63, 3.8) is 0 Å². The van der Waals surface area contributed by atoms with Crippen molar-refractivity contribution < 1.29 is 14.6 Å². The Morgan fingerprint density at radius 1 is 1.56 bits per heavy atom. The van der Waals surface area contributed by atoms with Crippen LogP contribution >= 0.6 is 15.9 Å². The number of nitrogen functional groups attached to an aromatic ring is 1. The number of halogens is 1. The van der Waals surface area contributed by atoms with Gasteiger partial charge in [0, 0.05) is 22.7 Å². The second-order valence-electron chi connectivity index (χ2n) is 3.66. The molecule has 0 spiro atoms. The Morgan fingerprint density at radius 3 is 2.81 bits per heavy atom. The standard InChI is InChI=1S/C11H14BrNO3/c1-7(5-14)6-16-11(15)8-2-9(12)4-10(13)3-8/h2-4,7,14H,5-6,13H2,1H3. The van der Waals surface area contributed by atoms with Crippen LogP contribution in [0.1, 0.15) is 17.3 Å². The van der Waals surface area contributed by atoms with Crippen molar-refractivity contribution in [3.8, 4) is 0 Å². The highest BCUT2D eigenvalue weighted by molar-refractivity contribution is 9.10. The van der Waals surface area contributed by atoms with E-state index in [9.17, 15) is 4.79 Å². The fourth-order valence-electron chi connectivity index (χ4n) is 1.08. The lowest BCUT2D eigenvalue weighted by atomic mass is 10.2. The van der Waals surface area contributed by atoms with E-state index in [-0.39, 0.29) is 19.1 Å². The summed E-state index contributed by atoms with van der Waals surface area (Å²) in [4.78, 5) is 11.6. The SMILES string of the molecule is CC(CO)COC(=O)c1cc(N)cc(Br)c1. The number of hydrogen-bond acceptors (Lipinski definition) is 4. The second kappa shape index (κ2) is 5.86. The van der Waals surface area contributed by atoms with E-state index in [1.807, 2.05) is 0 Å². The number of nitrogens with two attached hydrogens (primary N) is 1. The van der Waals surface area contributed by atoms with Gasteiger partial charge in [-0.15, -0.1) is 0 Å². The van der Waals surface area contributed by atoms with Gasteiger partial charge in [0.15, 0.2) is 0 Å². The number of carbonyl (C=O) groups excluding carboxylic acids is 1. The smallest absolute Gasteiger partial charge is 0.338 e. The number of rotatable bonds is 4. The molecule has 0 aliphatic heterocycles. The number of hydrogen-bond donors (Lipinski definition) is 2. The zero-order chi connectivity index (χ0) is 12.1. The first-order valence-electron chi connectivity index (χ1n) is 4.87. The summed E-state index contributed by atoms with van der Waals surface area (Å²) in [5.74, 6) is -0.498. The van der Waals surface area contributed by atoms with Crippen LogP contribution in [0.3, 0.4) is 0 Å². The van der Waals surface area contributed by atoms with Gasteiger partial charge in [0.1, 0.15) is 0 Å². The van der Waals surface area contributed by atoms with Crippen LogP contribution in [-0.2, 0) is 4.74 Å². The summed E-state index contributed by atoms with van der Waals surface area (Å²) in [6, 6.07) is 4.89. The molecule has 1 aromatic carbocycles. The van der Waals surface area contributed by atoms with Crippen LogP contribution in [0.4, 0.5) is 5.69 Å². The molecule has 0 aliphatic carbocycles. The largest absolute Gasteiger partial charge is 0.462 e. The number of carbonyl (C=O) groups is 1. The molecule has 0 fully saturated rings. The Kier molecular flexibility index (Phi) is 4.76. The molecule has 88 valence electrons. The normalized spacial score (nSPS) is 12.2. The van der Waals surface area contributed by atoms with E-state index in [4.69, 9.17) is 15.6 Å². The molecule has 3 N–H and O–H groups in total. The highest BCUT2D eigenvalue weighted by Crippen LogP contribution is 2.18. The lowest BCUT2D eigenvalue weighted by Gasteiger charge is -2.09. The van der Waals surface area contributed by atoms with Crippen LogP contribution in [-0.4, -0.2) is 24.3 Å². The van der Waals surface area contributed by atoms with E-state index < -0.39 is 5.97 Å². The average Bonchev–Trinajstić information content (AvgIpc) is 2.23. The number of aliphatic hydroxyl groups excluding tert-OH is 1. The molecule has 1 rings (SSSR count). The molecule has 4 nitrogen and oxygen atoms in total. The quantitative estimate of drug-likeness (QED) is 0.654. The Morgan fingerprint density at radius 2 is 2.25 bits per heavy atom. The van der Waals surface area contributed by atoms with E-state index in [0.29, 0.717) is 11.3 Å². The van der Waals surface area contributed by atoms with Crippen molar-refractivity contribution in [2.45, 2.75) is 6.92 Å². The highest BCUT2D eigenvalue weighted by atomic mass is 79.9. The molecule has 0 radical (unpaired) electrons. The molecule has 0 saturated carbocycles. The minimum Gasteiger partial charge on any atom is -0.462 e. The molecule has 0 amide bonds. The second-order valence-corrected chi connectivity index (χ2v) is 4.58. The maximum atomic E-state index is 11.6. The van der Waals surface area contributed by atoms with E-state index in [1.54, 1.807) is 25.1 Å². The van der Waals surface area contributed by atoms with Crippen LogP contribution in [0.2, 0.25) is 0 Å². The molecule has 5 heteroatoms. The van der Waals surface area contributed by atoms with Gasteiger partial charge < -0.3 is 15.6 Å². The molecule has 0 saturated heterocycles. The third-order valence-corrected chi connectivity index (χ3v) is 2.42. The van der Waals surface area contributed by atoms with Gasteiger partial charge in [0.05, 0.1) is 12.2 Å². The molecule has 0 bridgehead atoms. The summed E-state index contributed by atoms with van der Waals surface area (Å²) < 4.78 is 5.75. The Hall–Kier alpha value is -1.07. The number of ether oxygens (including phenoxy) is 1. The van der Waals surface area contributed by atoms with Crippen LogP contribution in [0.25, 0.3) is 0 Å². The van der Waals surface area contributed by atoms with Crippen LogP contribution in [0, 0.1) is 5.92 Å². The molecule has 1 aromatic rings. The molecular formula is C11H14BrNO3. The van der Waals surface area contributed by atoms with Crippen LogP contribution < -0.4 is 5.73 Å². The minimum atomic E-state index is -0.437. The number of anilines is 1. The van der Waals surface area contributed by atoms with E-state index in [1.165, 1.54) is 0 Å². The number of benzene rings is 1. The maximum absolute atomic E-state index is 11.6. The lowest BCUT2D eigenvalue weighted by Crippen LogP contribution is -2.14. The minimum absolute atomic E-state index is 0.00605. The van der Waals surface area contributed by atoms with Gasteiger partial charge in [0.2, 0.25) is 0 Å². The van der Waals surface area contributed by atoms with Crippen LogP contribution in [0.15, 0.2) is 22.7 Å². The average molecular weight is 288 g/mol. The van der Waals surface area contributed by atoms with Gasteiger partial charge in [-0.2, -0.15) is 0 Å². The molecule has 1 atom stereocenters. The summed E-state index contributed by atoms with van der Waals surface area (Å²) >= 11 is 3.25. The Bertz CT molecular complexity index is 361. The summed E-state index contributed by atoms with van der Waals surface area (Å²) in [5.41, 5.74) is 6.50. The third-order valence-electron chi connectivity index (χ3n) is 1.97. The van der Waals surface area contributed by atoms with Crippen molar-refractivity contribution in [3.05, 3.63) is 28.2 Å². The summed E-state index contributed by atoms with van der Waals surface area (Å²) in [6.45, 7) is 1.98. The summed E-state index contributed by atoms with van der Waals surface area (Å²) in [7, 11) is 0. The molecule has 0 aliphatic rings. The monoisotopic (exact) mass is 287 g/mol. The van der Waals surface area contributed by atoms with E-state index >= 15 is 0 Å². The maximum Gasteiger partial charge on any atom is 0.338 e. The molecule has 0 heterocycles. The Labute approximate surface area is 103 Å². The van der Waals surface area contributed by atoms with E-state index in [2.05, 4.69) is 15.9 Å². The van der Waals surface area contributed by atoms with Crippen molar-refractivity contribution in [1.29, 1.82) is 0 Å². The van der Waals surface area contributed by atoms with Gasteiger partial charge in [-0.3, -0.25) is 0 Å². The van der Waals surface area contributed by atoms with Gasteiger partial charge in [-0.1, -0.05) is 22.9 Å². The molecule has 1 unspecified atom stereocenters. The van der Waals surface area contributed by atoms with Crippen molar-refractivity contribution in [1.82, 2.24) is 0 Å².